The molecule has 0 N–H and O–H groups in total. The monoisotopic (exact) mass is 409 g/mol. The fourth-order valence-electron chi connectivity index (χ4n) is 4.22. The quantitative estimate of drug-likeness (QED) is 0.673. The Labute approximate surface area is 167 Å². The maximum absolute atomic E-state index is 13.8. The highest BCUT2D eigenvalue weighted by Crippen LogP contribution is 2.40. The number of fused-ring (bicyclic) bond motifs is 1. The summed E-state index contributed by atoms with van der Waals surface area (Å²) in [5, 5.41) is 4.09. The third-order valence-corrected chi connectivity index (χ3v) is 5.69. The van der Waals surface area contributed by atoms with Crippen LogP contribution >= 0.6 is 0 Å². The average molecular weight is 409 g/mol. The number of hydrogen-bond donors (Lipinski definition) is 0. The van der Waals surface area contributed by atoms with E-state index in [1.54, 1.807) is 0 Å². The molecule has 0 aliphatic carbocycles. The first-order valence-electron chi connectivity index (χ1n) is 10.2. The van der Waals surface area contributed by atoms with Gasteiger partial charge in [0, 0.05) is 24.7 Å². The number of aromatic nitrogens is 2. The van der Waals surface area contributed by atoms with Gasteiger partial charge in [-0.05, 0) is 43.4 Å². The molecule has 4 heterocycles. The number of hydrogen-bond acceptors (Lipinski definition) is 5. The van der Waals surface area contributed by atoms with Gasteiger partial charge in [0.25, 0.3) is 5.71 Å². The number of alkyl halides is 3. The van der Waals surface area contributed by atoms with Gasteiger partial charge >= 0.3 is 6.18 Å². The fourth-order valence-corrected chi connectivity index (χ4v) is 4.22. The van der Waals surface area contributed by atoms with Gasteiger partial charge in [0.15, 0.2) is 0 Å². The molecule has 4 rings (SSSR count). The highest BCUT2D eigenvalue weighted by atomic mass is 19.4. The zero-order chi connectivity index (χ0) is 20.6. The number of nitrogens with zero attached hydrogens (tertiary/aromatic N) is 3. The minimum absolute atomic E-state index is 0.0148. The minimum atomic E-state index is -4.48. The molecule has 29 heavy (non-hydrogen) atoms. The first-order valence-corrected chi connectivity index (χ1v) is 10.2. The topological polar surface area (TPSA) is 51.4 Å². The van der Waals surface area contributed by atoms with Gasteiger partial charge in [-0.1, -0.05) is 25.1 Å². The number of halogens is 3. The maximum atomic E-state index is 13.8. The Hall–Kier alpha value is -1.93. The van der Waals surface area contributed by atoms with Crippen LogP contribution in [0.1, 0.15) is 61.9 Å². The summed E-state index contributed by atoms with van der Waals surface area (Å²) in [7, 11) is 0. The van der Waals surface area contributed by atoms with Crippen molar-refractivity contribution in [3.05, 3.63) is 34.7 Å². The Morgan fingerprint density at radius 2 is 2.14 bits per heavy atom. The average Bonchev–Trinajstić information content (AvgIpc) is 3.11. The molecule has 0 aromatic carbocycles. The van der Waals surface area contributed by atoms with Crippen molar-refractivity contribution >= 4 is 11.1 Å². The van der Waals surface area contributed by atoms with E-state index in [2.05, 4.69) is 21.1 Å². The number of likely N-dealkylation sites (tertiary alicyclic amines) is 1. The van der Waals surface area contributed by atoms with E-state index in [1.165, 1.54) is 5.57 Å². The van der Waals surface area contributed by atoms with Crippen LogP contribution < -0.4 is 0 Å². The molecule has 0 amide bonds. The summed E-state index contributed by atoms with van der Waals surface area (Å²) in [5.41, 5.74) is 1.28. The van der Waals surface area contributed by atoms with E-state index in [0.29, 0.717) is 24.5 Å². The lowest BCUT2D eigenvalue weighted by Gasteiger charge is -2.33. The van der Waals surface area contributed by atoms with Crippen LogP contribution in [0.15, 0.2) is 22.2 Å². The first kappa shape index (κ1) is 20.3. The van der Waals surface area contributed by atoms with Crippen LogP contribution in [0.4, 0.5) is 13.2 Å². The predicted molar refractivity (Wildman–Crippen MR) is 103 cm³/mol. The molecule has 158 valence electrons. The fraction of sp³-hybridized carbons (Fsp3) is 0.619. The molecule has 2 aliphatic heterocycles. The molecule has 0 bridgehead atoms. The lowest BCUT2D eigenvalue weighted by atomic mass is 9.91. The largest absolute Gasteiger partial charge is 0.417 e. The van der Waals surface area contributed by atoms with E-state index in [9.17, 15) is 13.2 Å². The Morgan fingerprint density at radius 1 is 1.31 bits per heavy atom. The molecule has 5 nitrogen and oxygen atoms in total. The predicted octanol–water partition coefficient (Wildman–Crippen LogP) is 4.89. The van der Waals surface area contributed by atoms with Gasteiger partial charge < -0.3 is 9.26 Å². The van der Waals surface area contributed by atoms with Crippen LogP contribution in [0.3, 0.4) is 0 Å². The molecule has 2 aromatic rings. The van der Waals surface area contributed by atoms with Crippen LogP contribution in [0.2, 0.25) is 0 Å². The van der Waals surface area contributed by atoms with Gasteiger partial charge in [0.1, 0.15) is 0 Å². The summed E-state index contributed by atoms with van der Waals surface area (Å²) >= 11 is 0. The number of rotatable bonds is 4. The lowest BCUT2D eigenvalue weighted by Crippen LogP contribution is -2.36. The molecule has 2 aliphatic rings. The number of ether oxygens (including phenoxy) is 1. The van der Waals surface area contributed by atoms with Gasteiger partial charge in [0.2, 0.25) is 0 Å². The van der Waals surface area contributed by atoms with Crippen molar-refractivity contribution in [1.82, 2.24) is 15.0 Å². The Bertz CT molecular complexity index is 904. The Kier molecular flexibility index (Phi) is 5.66. The smallest absolute Gasteiger partial charge is 0.377 e. The standard InChI is InChI=1S/C21H26F3N3O2/c1-13(2)17-9-16(21(22,23)24)18-19(26-29-20(18)25-17)15-6-3-7-27(11-15)10-14-5-4-8-28-12-14/h5,9,13,15H,3-4,6-8,10-12H2,1-2H3/t15-/m0/s1. The molecule has 1 saturated heterocycles. The summed E-state index contributed by atoms with van der Waals surface area (Å²) in [4.78, 5) is 6.58. The minimum Gasteiger partial charge on any atom is -0.377 e. The zero-order valence-electron chi connectivity index (χ0n) is 16.8. The van der Waals surface area contributed by atoms with Crippen LogP contribution in [-0.4, -0.2) is 47.9 Å². The first-order chi connectivity index (χ1) is 13.8. The highest BCUT2D eigenvalue weighted by molar-refractivity contribution is 5.81. The Balaban J connectivity index is 1.65. The summed E-state index contributed by atoms with van der Waals surface area (Å²) in [6.07, 6.45) is 0.337. The van der Waals surface area contributed by atoms with Gasteiger partial charge in [0.05, 0.1) is 29.9 Å². The molecule has 0 radical (unpaired) electrons. The molecule has 1 fully saturated rings. The van der Waals surface area contributed by atoms with Crippen LogP contribution in [0.5, 0.6) is 0 Å². The van der Waals surface area contributed by atoms with Gasteiger partial charge in [-0.2, -0.15) is 13.2 Å². The third-order valence-electron chi connectivity index (χ3n) is 5.69. The second kappa shape index (κ2) is 8.07. The van der Waals surface area contributed by atoms with E-state index in [0.717, 1.165) is 45.0 Å². The van der Waals surface area contributed by atoms with Gasteiger partial charge in [-0.15, -0.1) is 0 Å². The normalized spacial score (nSPS) is 21.7. The number of pyridine rings is 1. The summed E-state index contributed by atoms with van der Waals surface area (Å²) < 4.78 is 52.3. The number of piperidine rings is 1. The van der Waals surface area contributed by atoms with Gasteiger partial charge in [-0.3, -0.25) is 4.90 Å². The van der Waals surface area contributed by atoms with Crippen molar-refractivity contribution in [2.45, 2.75) is 51.1 Å². The maximum Gasteiger partial charge on any atom is 0.417 e. The molecule has 8 heteroatoms. The van der Waals surface area contributed by atoms with E-state index in [4.69, 9.17) is 9.26 Å². The van der Waals surface area contributed by atoms with Crippen LogP contribution in [0.25, 0.3) is 11.1 Å². The van der Waals surface area contributed by atoms with Crippen molar-refractivity contribution in [2.75, 3.05) is 32.8 Å². The summed E-state index contributed by atoms with van der Waals surface area (Å²) in [6.45, 7) is 7.38. The second-order valence-electron chi connectivity index (χ2n) is 8.27. The molecular weight excluding hydrogens is 383 g/mol. The van der Waals surface area contributed by atoms with E-state index in [-0.39, 0.29) is 22.9 Å². The lowest BCUT2D eigenvalue weighted by molar-refractivity contribution is -0.136. The summed E-state index contributed by atoms with van der Waals surface area (Å²) in [5.74, 6) is -0.242. The molecule has 0 unspecified atom stereocenters. The summed E-state index contributed by atoms with van der Waals surface area (Å²) in [6, 6.07) is 1.15. The van der Waals surface area contributed by atoms with Crippen molar-refractivity contribution in [3.63, 3.8) is 0 Å². The van der Waals surface area contributed by atoms with Crippen LogP contribution in [0, 0.1) is 0 Å². The third kappa shape index (κ3) is 4.33. The van der Waals surface area contributed by atoms with E-state index >= 15 is 0 Å². The second-order valence-corrected chi connectivity index (χ2v) is 8.27. The van der Waals surface area contributed by atoms with E-state index in [1.807, 2.05) is 13.8 Å². The zero-order valence-corrected chi connectivity index (χ0v) is 16.8. The Morgan fingerprint density at radius 3 is 2.83 bits per heavy atom. The van der Waals surface area contributed by atoms with Crippen molar-refractivity contribution in [2.24, 2.45) is 0 Å². The molecule has 1 atom stereocenters. The molecular formula is C21H26F3N3O2. The molecule has 0 spiro atoms. The van der Waals surface area contributed by atoms with Crippen molar-refractivity contribution < 1.29 is 22.4 Å². The van der Waals surface area contributed by atoms with Crippen molar-refractivity contribution in [3.8, 4) is 0 Å². The molecule has 0 saturated carbocycles. The van der Waals surface area contributed by atoms with E-state index < -0.39 is 11.7 Å². The molecule has 2 aromatic heterocycles. The van der Waals surface area contributed by atoms with Gasteiger partial charge in [-0.25, -0.2) is 4.98 Å². The van der Waals surface area contributed by atoms with Crippen LogP contribution in [-0.2, 0) is 10.9 Å². The van der Waals surface area contributed by atoms with Crippen molar-refractivity contribution in [1.29, 1.82) is 0 Å². The highest BCUT2D eigenvalue weighted by Gasteiger charge is 2.38. The SMILES string of the molecule is CC(C)c1cc(C(F)(F)F)c2c([C@H]3CCCN(CC4=CCCOC4)C3)noc2n1.